The maximum Gasteiger partial charge on any atom is 0.251 e. The van der Waals surface area contributed by atoms with Crippen LogP contribution >= 0.6 is 0 Å². The molecule has 3 atom stereocenters. The molecule has 27 heavy (non-hydrogen) atoms. The van der Waals surface area contributed by atoms with Crippen molar-refractivity contribution in [2.24, 2.45) is 11.8 Å². The fourth-order valence-corrected chi connectivity index (χ4v) is 5.38. The van der Waals surface area contributed by atoms with Crippen molar-refractivity contribution in [3.63, 3.8) is 0 Å². The van der Waals surface area contributed by atoms with Crippen molar-refractivity contribution in [3.8, 4) is 0 Å². The quantitative estimate of drug-likeness (QED) is 0.888. The minimum atomic E-state index is 0.103. The normalized spacial score (nSPS) is 26.7. The van der Waals surface area contributed by atoms with Gasteiger partial charge in [0.25, 0.3) is 5.91 Å². The first-order chi connectivity index (χ1) is 13.2. The summed E-state index contributed by atoms with van der Waals surface area (Å²) in [5.41, 5.74) is 5.02. The molecule has 2 saturated carbocycles. The van der Waals surface area contributed by atoms with Gasteiger partial charge in [-0.1, -0.05) is 42.8 Å². The Kier molecular flexibility index (Phi) is 4.48. The van der Waals surface area contributed by atoms with Gasteiger partial charge in [0.15, 0.2) is 0 Å². The fraction of sp³-hybridized carbons (Fsp3) is 0.458. The molecule has 3 heteroatoms. The Labute approximate surface area is 161 Å². The molecule has 3 nitrogen and oxygen atoms in total. The van der Waals surface area contributed by atoms with E-state index in [1.807, 2.05) is 12.1 Å². The van der Waals surface area contributed by atoms with E-state index < -0.39 is 0 Å². The number of nitrogens with zero attached hydrogens (tertiary/aromatic N) is 1. The molecule has 1 heterocycles. The molecule has 140 valence electrons. The zero-order chi connectivity index (χ0) is 18.2. The van der Waals surface area contributed by atoms with E-state index in [2.05, 4.69) is 46.6 Å². The molecule has 0 saturated heterocycles. The highest BCUT2D eigenvalue weighted by Gasteiger charge is 2.40. The summed E-state index contributed by atoms with van der Waals surface area (Å²) in [6.45, 7) is 3.06. The molecule has 0 radical (unpaired) electrons. The van der Waals surface area contributed by atoms with E-state index in [0.717, 1.165) is 43.5 Å². The second kappa shape index (κ2) is 7.12. The van der Waals surface area contributed by atoms with Crippen LogP contribution in [0.4, 0.5) is 0 Å². The Morgan fingerprint density at radius 2 is 1.81 bits per heavy atom. The molecule has 2 aromatic rings. The van der Waals surface area contributed by atoms with E-state index >= 15 is 0 Å². The van der Waals surface area contributed by atoms with Crippen molar-refractivity contribution >= 4 is 5.91 Å². The number of carbonyl (C=O) groups excluding carboxylic acids is 1. The molecule has 0 spiro atoms. The van der Waals surface area contributed by atoms with Crippen molar-refractivity contribution in [1.29, 1.82) is 0 Å². The molecule has 0 unspecified atom stereocenters. The summed E-state index contributed by atoms with van der Waals surface area (Å²) in [6, 6.07) is 17.4. The van der Waals surface area contributed by atoms with Crippen molar-refractivity contribution in [2.75, 3.05) is 6.54 Å². The summed E-state index contributed by atoms with van der Waals surface area (Å²) in [6.07, 6.45) is 6.30. The monoisotopic (exact) mass is 360 g/mol. The Balaban J connectivity index is 1.19. The summed E-state index contributed by atoms with van der Waals surface area (Å²) in [7, 11) is 0. The number of carbonyl (C=O) groups is 1. The zero-order valence-electron chi connectivity index (χ0n) is 15.9. The molecule has 1 amide bonds. The Morgan fingerprint density at radius 3 is 2.56 bits per heavy atom. The highest BCUT2D eigenvalue weighted by atomic mass is 16.1. The van der Waals surface area contributed by atoms with E-state index in [1.54, 1.807) is 0 Å². The SMILES string of the molecule is O=C(N[C@H]1C[C@H]2CC[C@H]1C2)c1ccc(CN2CCc3ccccc3C2)cc1. The van der Waals surface area contributed by atoms with Crippen molar-refractivity contribution in [2.45, 2.75) is 51.2 Å². The Bertz CT molecular complexity index is 829. The van der Waals surface area contributed by atoms with Gasteiger partial charge in [0.05, 0.1) is 0 Å². The lowest BCUT2D eigenvalue weighted by molar-refractivity contribution is 0.0923. The van der Waals surface area contributed by atoms with Gasteiger partial charge in [-0.05, 0) is 66.3 Å². The van der Waals surface area contributed by atoms with Crippen LogP contribution in [0.25, 0.3) is 0 Å². The zero-order valence-corrected chi connectivity index (χ0v) is 15.9. The van der Waals surface area contributed by atoms with Crippen molar-refractivity contribution < 1.29 is 4.79 Å². The highest BCUT2D eigenvalue weighted by molar-refractivity contribution is 5.94. The third kappa shape index (κ3) is 3.53. The van der Waals surface area contributed by atoms with Crippen LogP contribution in [-0.2, 0) is 19.5 Å². The maximum absolute atomic E-state index is 12.6. The number of rotatable bonds is 4. The lowest BCUT2D eigenvalue weighted by Gasteiger charge is -2.28. The van der Waals surface area contributed by atoms with E-state index in [4.69, 9.17) is 0 Å². The summed E-state index contributed by atoms with van der Waals surface area (Å²) < 4.78 is 0. The van der Waals surface area contributed by atoms with Crippen LogP contribution in [0.5, 0.6) is 0 Å². The highest BCUT2D eigenvalue weighted by Crippen LogP contribution is 2.44. The molecule has 0 aromatic heterocycles. The largest absolute Gasteiger partial charge is 0.349 e. The minimum Gasteiger partial charge on any atom is -0.349 e. The molecule has 1 aliphatic heterocycles. The number of nitrogens with one attached hydrogen (secondary N) is 1. The van der Waals surface area contributed by atoms with E-state index in [1.165, 1.54) is 42.4 Å². The number of fused-ring (bicyclic) bond motifs is 3. The lowest BCUT2D eigenvalue weighted by Crippen LogP contribution is -2.38. The smallest absolute Gasteiger partial charge is 0.251 e. The molecule has 3 aliphatic rings. The first kappa shape index (κ1) is 17.0. The first-order valence-electron chi connectivity index (χ1n) is 10.4. The van der Waals surface area contributed by atoms with E-state index in [-0.39, 0.29) is 5.91 Å². The predicted molar refractivity (Wildman–Crippen MR) is 107 cm³/mol. The van der Waals surface area contributed by atoms with Crippen LogP contribution < -0.4 is 5.32 Å². The van der Waals surface area contributed by atoms with Crippen LogP contribution in [0, 0.1) is 11.8 Å². The van der Waals surface area contributed by atoms with Gasteiger partial charge in [-0.2, -0.15) is 0 Å². The maximum atomic E-state index is 12.6. The van der Waals surface area contributed by atoms with Gasteiger partial charge in [0, 0.05) is 31.2 Å². The standard InChI is InChI=1S/C24H28N2O/c27-24(25-23-14-18-7-10-21(23)13-18)20-8-5-17(6-9-20)15-26-12-11-19-3-1-2-4-22(19)16-26/h1-6,8-9,18,21,23H,7,10-16H2,(H,25,27)/t18-,21-,23-/m0/s1. The molecule has 2 aromatic carbocycles. The molecule has 5 rings (SSSR count). The number of hydrogen-bond acceptors (Lipinski definition) is 2. The van der Waals surface area contributed by atoms with Gasteiger partial charge >= 0.3 is 0 Å². The van der Waals surface area contributed by atoms with Gasteiger partial charge in [0.2, 0.25) is 0 Å². The number of benzene rings is 2. The lowest BCUT2D eigenvalue weighted by atomic mass is 9.95. The molecular formula is C24H28N2O. The third-order valence-corrected chi connectivity index (χ3v) is 6.89. The Hall–Kier alpha value is -2.13. The van der Waals surface area contributed by atoms with Gasteiger partial charge in [-0.3, -0.25) is 9.69 Å². The average Bonchev–Trinajstić information content (AvgIpc) is 3.31. The van der Waals surface area contributed by atoms with E-state index in [0.29, 0.717) is 6.04 Å². The molecule has 2 fully saturated rings. The van der Waals surface area contributed by atoms with Crippen LogP contribution in [0.2, 0.25) is 0 Å². The summed E-state index contributed by atoms with van der Waals surface area (Å²) >= 11 is 0. The summed E-state index contributed by atoms with van der Waals surface area (Å²) in [5, 5.41) is 3.29. The number of hydrogen-bond donors (Lipinski definition) is 1. The second-order valence-electron chi connectivity index (χ2n) is 8.68. The minimum absolute atomic E-state index is 0.103. The molecule has 1 N–H and O–H groups in total. The van der Waals surface area contributed by atoms with Gasteiger partial charge in [-0.25, -0.2) is 0 Å². The van der Waals surface area contributed by atoms with Crippen molar-refractivity contribution in [3.05, 3.63) is 70.8 Å². The van der Waals surface area contributed by atoms with E-state index in [9.17, 15) is 4.79 Å². The van der Waals surface area contributed by atoms with Crippen LogP contribution in [0.1, 0.15) is 52.7 Å². The van der Waals surface area contributed by atoms with Crippen molar-refractivity contribution in [1.82, 2.24) is 10.2 Å². The first-order valence-corrected chi connectivity index (χ1v) is 10.4. The predicted octanol–water partition coefficient (Wildman–Crippen LogP) is 4.16. The van der Waals surface area contributed by atoms with Gasteiger partial charge in [-0.15, -0.1) is 0 Å². The molecular weight excluding hydrogens is 332 g/mol. The molecule has 2 aliphatic carbocycles. The average molecular weight is 361 g/mol. The van der Waals surface area contributed by atoms with Gasteiger partial charge < -0.3 is 5.32 Å². The van der Waals surface area contributed by atoms with Crippen LogP contribution in [0.15, 0.2) is 48.5 Å². The number of amides is 1. The van der Waals surface area contributed by atoms with Crippen LogP contribution in [0.3, 0.4) is 0 Å². The fourth-order valence-electron chi connectivity index (χ4n) is 5.38. The van der Waals surface area contributed by atoms with Crippen LogP contribution in [-0.4, -0.2) is 23.4 Å². The Morgan fingerprint density at radius 1 is 1.00 bits per heavy atom. The summed E-state index contributed by atoms with van der Waals surface area (Å²) in [5.74, 6) is 1.68. The topological polar surface area (TPSA) is 32.3 Å². The second-order valence-corrected chi connectivity index (χ2v) is 8.68. The van der Waals surface area contributed by atoms with Gasteiger partial charge in [0.1, 0.15) is 0 Å². The molecule has 2 bridgehead atoms. The third-order valence-electron chi connectivity index (χ3n) is 6.89. The summed E-state index contributed by atoms with van der Waals surface area (Å²) in [4.78, 5) is 15.1.